The quantitative estimate of drug-likeness (QED) is 0.538. The van der Waals surface area contributed by atoms with Crippen LogP contribution in [0.1, 0.15) is 39.5 Å². The van der Waals surface area contributed by atoms with Gasteiger partial charge in [0.15, 0.2) is 5.60 Å². The standard InChI is InChI=1S/C13H21NO2/c1-4-13(3,5-2)16-12(15)11-14-9-7-6-8-10-14/h1H,5-11H2,2-3H3. The molecule has 0 N–H and O–H groups in total. The molecule has 1 aliphatic rings. The first kappa shape index (κ1) is 13.1. The molecule has 0 aliphatic carbocycles. The lowest BCUT2D eigenvalue weighted by Gasteiger charge is -2.28. The van der Waals surface area contributed by atoms with E-state index in [9.17, 15) is 4.79 Å². The van der Waals surface area contributed by atoms with E-state index in [0.717, 1.165) is 13.1 Å². The van der Waals surface area contributed by atoms with E-state index < -0.39 is 5.60 Å². The molecule has 1 atom stereocenters. The van der Waals surface area contributed by atoms with Gasteiger partial charge in [-0.15, -0.1) is 6.42 Å². The molecule has 0 aromatic rings. The molecule has 0 saturated carbocycles. The van der Waals surface area contributed by atoms with Crippen molar-refractivity contribution in [2.24, 2.45) is 0 Å². The Morgan fingerprint density at radius 3 is 2.56 bits per heavy atom. The van der Waals surface area contributed by atoms with Crippen molar-refractivity contribution < 1.29 is 9.53 Å². The molecule has 1 fully saturated rings. The highest BCUT2D eigenvalue weighted by atomic mass is 16.6. The molecule has 0 radical (unpaired) electrons. The fourth-order valence-electron chi connectivity index (χ4n) is 1.79. The SMILES string of the molecule is C#CC(C)(CC)OC(=O)CN1CCCCC1. The molecule has 0 aromatic carbocycles. The summed E-state index contributed by atoms with van der Waals surface area (Å²) in [5.41, 5.74) is -0.743. The summed E-state index contributed by atoms with van der Waals surface area (Å²) in [6.45, 7) is 6.06. The second kappa shape index (κ2) is 5.91. The number of likely N-dealkylation sites (tertiary alicyclic amines) is 1. The second-order valence-corrected chi connectivity index (χ2v) is 4.54. The molecule has 90 valence electrons. The number of carbonyl (C=O) groups is 1. The molecule has 1 heterocycles. The van der Waals surface area contributed by atoms with Gasteiger partial charge in [-0.2, -0.15) is 0 Å². The summed E-state index contributed by atoms with van der Waals surface area (Å²) in [4.78, 5) is 13.8. The number of terminal acetylenes is 1. The molecule has 1 unspecified atom stereocenters. The number of ether oxygens (including phenoxy) is 1. The van der Waals surface area contributed by atoms with E-state index in [4.69, 9.17) is 11.2 Å². The topological polar surface area (TPSA) is 29.5 Å². The maximum absolute atomic E-state index is 11.7. The lowest BCUT2D eigenvalue weighted by Crippen LogP contribution is -2.39. The molecule has 1 rings (SSSR count). The van der Waals surface area contributed by atoms with Gasteiger partial charge in [0.2, 0.25) is 0 Å². The number of piperidine rings is 1. The van der Waals surface area contributed by atoms with Crippen LogP contribution in [0.4, 0.5) is 0 Å². The van der Waals surface area contributed by atoms with Gasteiger partial charge in [-0.1, -0.05) is 19.3 Å². The predicted molar refractivity (Wildman–Crippen MR) is 63.9 cm³/mol. The number of hydrogen-bond acceptors (Lipinski definition) is 3. The lowest BCUT2D eigenvalue weighted by atomic mass is 10.1. The van der Waals surface area contributed by atoms with E-state index in [1.165, 1.54) is 19.3 Å². The van der Waals surface area contributed by atoms with E-state index in [1.807, 2.05) is 6.92 Å². The summed E-state index contributed by atoms with van der Waals surface area (Å²) >= 11 is 0. The number of carbonyl (C=O) groups excluding carboxylic acids is 1. The van der Waals surface area contributed by atoms with Crippen LogP contribution in [0.5, 0.6) is 0 Å². The van der Waals surface area contributed by atoms with Gasteiger partial charge in [-0.05, 0) is 39.3 Å². The Morgan fingerprint density at radius 2 is 2.06 bits per heavy atom. The largest absolute Gasteiger partial charge is 0.445 e. The highest BCUT2D eigenvalue weighted by Crippen LogP contribution is 2.15. The van der Waals surface area contributed by atoms with Crippen LogP contribution in [-0.4, -0.2) is 36.1 Å². The molecule has 16 heavy (non-hydrogen) atoms. The molecule has 3 nitrogen and oxygen atoms in total. The van der Waals surface area contributed by atoms with Crippen LogP contribution >= 0.6 is 0 Å². The van der Waals surface area contributed by atoms with Gasteiger partial charge in [0.05, 0.1) is 6.54 Å². The first-order chi connectivity index (χ1) is 7.59. The zero-order valence-corrected chi connectivity index (χ0v) is 10.3. The summed E-state index contributed by atoms with van der Waals surface area (Å²) in [7, 11) is 0. The Kier molecular flexibility index (Phi) is 4.82. The van der Waals surface area contributed by atoms with Crippen LogP contribution in [-0.2, 0) is 9.53 Å². The monoisotopic (exact) mass is 223 g/mol. The third-order valence-corrected chi connectivity index (χ3v) is 3.12. The molecule has 0 bridgehead atoms. The summed E-state index contributed by atoms with van der Waals surface area (Å²) < 4.78 is 5.32. The average molecular weight is 223 g/mol. The van der Waals surface area contributed by atoms with Crippen LogP contribution in [0.25, 0.3) is 0 Å². The van der Waals surface area contributed by atoms with Crippen LogP contribution < -0.4 is 0 Å². The molecule has 0 amide bonds. The van der Waals surface area contributed by atoms with Crippen LogP contribution in [0.15, 0.2) is 0 Å². The summed E-state index contributed by atoms with van der Waals surface area (Å²) in [6, 6.07) is 0. The van der Waals surface area contributed by atoms with Gasteiger partial charge in [-0.25, -0.2) is 0 Å². The summed E-state index contributed by atoms with van der Waals surface area (Å²) in [6.07, 6.45) is 9.62. The molecule has 3 heteroatoms. The van der Waals surface area contributed by atoms with Crippen molar-refractivity contribution >= 4 is 5.97 Å². The van der Waals surface area contributed by atoms with Crippen LogP contribution in [0.2, 0.25) is 0 Å². The van der Waals surface area contributed by atoms with Crippen LogP contribution in [0.3, 0.4) is 0 Å². The number of hydrogen-bond donors (Lipinski definition) is 0. The fourth-order valence-corrected chi connectivity index (χ4v) is 1.79. The Labute approximate surface area is 98.1 Å². The first-order valence-electron chi connectivity index (χ1n) is 6.01. The number of nitrogens with zero attached hydrogens (tertiary/aromatic N) is 1. The predicted octanol–water partition coefficient (Wildman–Crippen LogP) is 1.82. The number of rotatable bonds is 4. The van der Waals surface area contributed by atoms with Gasteiger partial charge < -0.3 is 4.74 Å². The summed E-state index contributed by atoms with van der Waals surface area (Å²) in [5.74, 6) is 2.33. The van der Waals surface area contributed by atoms with E-state index in [2.05, 4.69) is 10.8 Å². The maximum Gasteiger partial charge on any atom is 0.321 e. The lowest BCUT2D eigenvalue weighted by molar-refractivity contribution is -0.154. The van der Waals surface area contributed by atoms with E-state index in [-0.39, 0.29) is 5.97 Å². The van der Waals surface area contributed by atoms with Gasteiger partial charge in [-0.3, -0.25) is 9.69 Å². The Morgan fingerprint density at radius 1 is 1.44 bits per heavy atom. The van der Waals surface area contributed by atoms with Gasteiger partial charge >= 0.3 is 5.97 Å². The van der Waals surface area contributed by atoms with Crippen LogP contribution in [0, 0.1) is 12.3 Å². The Bertz CT molecular complexity index is 276. The van der Waals surface area contributed by atoms with E-state index in [1.54, 1.807) is 6.92 Å². The minimum atomic E-state index is -0.743. The van der Waals surface area contributed by atoms with Crippen molar-refractivity contribution in [3.63, 3.8) is 0 Å². The highest BCUT2D eigenvalue weighted by Gasteiger charge is 2.25. The maximum atomic E-state index is 11.7. The van der Waals surface area contributed by atoms with Crippen molar-refractivity contribution in [3.8, 4) is 12.3 Å². The number of esters is 1. The van der Waals surface area contributed by atoms with Gasteiger partial charge in [0.25, 0.3) is 0 Å². The Balaban J connectivity index is 2.38. The third kappa shape index (κ3) is 3.86. The van der Waals surface area contributed by atoms with Crippen molar-refractivity contribution in [2.45, 2.75) is 45.1 Å². The molecule has 0 spiro atoms. The van der Waals surface area contributed by atoms with Crippen molar-refractivity contribution in [1.29, 1.82) is 0 Å². The van der Waals surface area contributed by atoms with Crippen molar-refractivity contribution in [2.75, 3.05) is 19.6 Å². The second-order valence-electron chi connectivity index (χ2n) is 4.54. The molecule has 0 aromatic heterocycles. The smallest absolute Gasteiger partial charge is 0.321 e. The minimum absolute atomic E-state index is 0.204. The van der Waals surface area contributed by atoms with E-state index in [0.29, 0.717) is 13.0 Å². The highest BCUT2D eigenvalue weighted by molar-refractivity contribution is 5.72. The first-order valence-corrected chi connectivity index (χ1v) is 6.01. The normalized spacial score (nSPS) is 20.8. The zero-order valence-electron chi connectivity index (χ0n) is 10.3. The Hall–Kier alpha value is -1.01. The van der Waals surface area contributed by atoms with E-state index >= 15 is 0 Å². The molecular weight excluding hydrogens is 202 g/mol. The molecule has 1 saturated heterocycles. The van der Waals surface area contributed by atoms with Crippen molar-refractivity contribution in [1.82, 2.24) is 4.90 Å². The fraction of sp³-hybridized carbons (Fsp3) is 0.769. The molecule has 1 aliphatic heterocycles. The molecular formula is C13H21NO2. The zero-order chi connectivity index (χ0) is 12.0. The van der Waals surface area contributed by atoms with Gasteiger partial charge in [0, 0.05) is 0 Å². The minimum Gasteiger partial charge on any atom is -0.445 e. The summed E-state index contributed by atoms with van der Waals surface area (Å²) in [5, 5.41) is 0. The average Bonchev–Trinajstić information content (AvgIpc) is 2.30. The third-order valence-electron chi connectivity index (χ3n) is 3.12. The van der Waals surface area contributed by atoms with Crippen molar-refractivity contribution in [3.05, 3.63) is 0 Å². The van der Waals surface area contributed by atoms with Gasteiger partial charge in [0.1, 0.15) is 0 Å².